The van der Waals surface area contributed by atoms with Crippen molar-refractivity contribution >= 4 is 33.2 Å². The van der Waals surface area contributed by atoms with Crippen molar-refractivity contribution in [3.05, 3.63) is 47.2 Å². The maximum absolute atomic E-state index is 12.6. The number of carbonyl (C=O) groups is 1. The summed E-state index contributed by atoms with van der Waals surface area (Å²) in [7, 11) is 0. The second-order valence-electron chi connectivity index (χ2n) is 6.22. The number of rotatable bonds is 5. The molecule has 144 valence electrons. The zero-order valence-corrected chi connectivity index (χ0v) is 15.4. The van der Waals surface area contributed by atoms with Gasteiger partial charge in [0.15, 0.2) is 10.9 Å². The first-order valence-electron chi connectivity index (χ1n) is 8.58. The van der Waals surface area contributed by atoms with Crippen molar-refractivity contribution in [2.24, 2.45) is 5.92 Å². The van der Waals surface area contributed by atoms with Gasteiger partial charge in [0.2, 0.25) is 5.91 Å². The van der Waals surface area contributed by atoms with Gasteiger partial charge in [0.25, 0.3) is 0 Å². The molecule has 1 fully saturated rings. The number of hydrogen-bond acceptors (Lipinski definition) is 9. The lowest BCUT2D eigenvalue weighted by Gasteiger charge is -2.32. The second-order valence-corrected chi connectivity index (χ2v) is 7.23. The number of anilines is 2. The van der Waals surface area contributed by atoms with E-state index in [0.29, 0.717) is 12.4 Å². The monoisotopic (exact) mass is 400 g/mol. The molecule has 1 aliphatic rings. The van der Waals surface area contributed by atoms with E-state index in [0.717, 1.165) is 42.7 Å². The third-order valence-corrected chi connectivity index (χ3v) is 5.26. The van der Waals surface area contributed by atoms with E-state index in [1.54, 1.807) is 17.1 Å². The molecule has 0 aliphatic carbocycles. The maximum atomic E-state index is 12.6. The molecule has 1 N–H and O–H groups in total. The predicted octanol–water partition coefficient (Wildman–Crippen LogP) is 1.88. The van der Waals surface area contributed by atoms with E-state index in [4.69, 9.17) is 0 Å². The van der Waals surface area contributed by atoms with Crippen LogP contribution in [0.2, 0.25) is 0 Å². The molecule has 3 aromatic rings. The van der Waals surface area contributed by atoms with E-state index >= 15 is 0 Å². The van der Waals surface area contributed by atoms with E-state index in [9.17, 15) is 14.9 Å². The lowest BCUT2D eigenvalue weighted by Crippen LogP contribution is -2.41. The van der Waals surface area contributed by atoms with Crippen molar-refractivity contribution < 1.29 is 9.72 Å². The van der Waals surface area contributed by atoms with Gasteiger partial charge < -0.3 is 10.2 Å². The summed E-state index contributed by atoms with van der Waals surface area (Å²) in [5, 5.41) is 17.7. The molecule has 3 aromatic heterocycles. The van der Waals surface area contributed by atoms with Crippen LogP contribution in [0, 0.1) is 16.0 Å². The third-order valence-electron chi connectivity index (χ3n) is 4.40. The Morgan fingerprint density at radius 1 is 1.32 bits per heavy atom. The summed E-state index contributed by atoms with van der Waals surface area (Å²) >= 11 is 0.845. The predicted molar refractivity (Wildman–Crippen MR) is 101 cm³/mol. The van der Waals surface area contributed by atoms with Gasteiger partial charge in [0.05, 0.1) is 10.8 Å². The van der Waals surface area contributed by atoms with E-state index < -0.39 is 4.92 Å². The van der Waals surface area contributed by atoms with Gasteiger partial charge in [-0.25, -0.2) is 19.6 Å². The Morgan fingerprint density at radius 2 is 2.18 bits per heavy atom. The number of hydrogen-bond donors (Lipinski definition) is 1. The first-order chi connectivity index (χ1) is 13.6. The lowest BCUT2D eigenvalue weighted by atomic mass is 9.97. The van der Waals surface area contributed by atoms with Crippen molar-refractivity contribution in [3.8, 4) is 5.82 Å². The Labute approximate surface area is 163 Å². The summed E-state index contributed by atoms with van der Waals surface area (Å²) in [6, 6.07) is 3.64. The number of aromatic nitrogens is 5. The van der Waals surface area contributed by atoms with Crippen LogP contribution in [0.4, 0.5) is 16.0 Å². The van der Waals surface area contributed by atoms with Crippen LogP contribution < -0.4 is 10.2 Å². The van der Waals surface area contributed by atoms with Gasteiger partial charge in [0.1, 0.15) is 18.3 Å². The first-order valence-corrected chi connectivity index (χ1v) is 9.40. The van der Waals surface area contributed by atoms with E-state index in [-0.39, 0.29) is 22.0 Å². The molecule has 11 nitrogen and oxygen atoms in total. The number of carbonyl (C=O) groups excluding carboxylic acids is 1. The fraction of sp³-hybridized carbons (Fsp3) is 0.312. The maximum Gasteiger partial charge on any atom is 0.345 e. The van der Waals surface area contributed by atoms with Gasteiger partial charge in [-0.1, -0.05) is 0 Å². The molecule has 12 heteroatoms. The van der Waals surface area contributed by atoms with Crippen molar-refractivity contribution in [1.82, 2.24) is 24.7 Å². The highest BCUT2D eigenvalue weighted by Gasteiger charge is 2.28. The molecule has 0 radical (unpaired) electrons. The molecule has 4 rings (SSSR count). The van der Waals surface area contributed by atoms with Crippen molar-refractivity contribution in [2.75, 3.05) is 23.3 Å². The molecule has 4 heterocycles. The zero-order valence-electron chi connectivity index (χ0n) is 14.6. The molecular formula is C16H16N8O3S. The minimum Gasteiger partial charge on any atom is -0.356 e. The summed E-state index contributed by atoms with van der Waals surface area (Å²) < 4.78 is 1.65. The Bertz CT molecular complexity index is 989. The Morgan fingerprint density at radius 3 is 2.93 bits per heavy atom. The minimum absolute atomic E-state index is 0.104. The van der Waals surface area contributed by atoms with Crippen LogP contribution in [-0.2, 0) is 4.79 Å². The topological polar surface area (TPSA) is 132 Å². The van der Waals surface area contributed by atoms with Crippen LogP contribution in [0.5, 0.6) is 0 Å². The van der Waals surface area contributed by atoms with Crippen LogP contribution in [0.1, 0.15) is 12.8 Å². The Balaban J connectivity index is 1.44. The van der Waals surface area contributed by atoms with Gasteiger partial charge in [0, 0.05) is 31.5 Å². The van der Waals surface area contributed by atoms with Crippen LogP contribution >= 0.6 is 11.3 Å². The number of nitrogens with one attached hydrogen (secondary N) is 1. The molecule has 28 heavy (non-hydrogen) atoms. The quantitative estimate of drug-likeness (QED) is 0.507. The molecule has 1 saturated heterocycles. The number of thiazole rings is 1. The largest absolute Gasteiger partial charge is 0.356 e. The summed E-state index contributed by atoms with van der Waals surface area (Å²) in [6.07, 6.45) is 7.65. The SMILES string of the molecule is O=C(Nc1ncc([N+](=O)[O-])s1)C1CCCN(c2cc(-n3cccn3)ncn2)C1. The molecule has 1 unspecified atom stereocenters. The van der Waals surface area contributed by atoms with Crippen LogP contribution in [-0.4, -0.2) is 48.7 Å². The van der Waals surface area contributed by atoms with Crippen LogP contribution in [0.15, 0.2) is 37.1 Å². The van der Waals surface area contributed by atoms with Crippen molar-refractivity contribution in [1.29, 1.82) is 0 Å². The number of nitrogens with zero attached hydrogens (tertiary/aromatic N) is 7. The molecule has 0 aromatic carbocycles. The summed E-state index contributed by atoms with van der Waals surface area (Å²) in [4.78, 5) is 37.3. The molecule has 1 atom stereocenters. The second kappa shape index (κ2) is 7.68. The van der Waals surface area contributed by atoms with Gasteiger partial charge in [-0.3, -0.25) is 14.9 Å². The lowest BCUT2D eigenvalue weighted by molar-refractivity contribution is -0.380. The van der Waals surface area contributed by atoms with Crippen molar-refractivity contribution in [3.63, 3.8) is 0 Å². The number of piperidine rings is 1. The fourth-order valence-electron chi connectivity index (χ4n) is 3.05. The molecule has 1 amide bonds. The van der Waals surface area contributed by atoms with E-state index in [1.165, 1.54) is 6.33 Å². The highest BCUT2D eigenvalue weighted by molar-refractivity contribution is 7.18. The average Bonchev–Trinajstić information content (AvgIpc) is 3.40. The molecule has 1 aliphatic heterocycles. The minimum atomic E-state index is -0.526. The Hall–Kier alpha value is -3.41. The summed E-state index contributed by atoms with van der Waals surface area (Å²) in [6.45, 7) is 1.27. The van der Waals surface area contributed by atoms with Crippen molar-refractivity contribution in [2.45, 2.75) is 12.8 Å². The summed E-state index contributed by atoms with van der Waals surface area (Å²) in [5.41, 5.74) is 0. The molecular weight excluding hydrogens is 384 g/mol. The third kappa shape index (κ3) is 3.81. The van der Waals surface area contributed by atoms with Gasteiger partial charge >= 0.3 is 5.00 Å². The van der Waals surface area contributed by atoms with Crippen LogP contribution in [0.3, 0.4) is 0 Å². The fourth-order valence-corrected chi connectivity index (χ4v) is 3.69. The molecule has 0 spiro atoms. The summed E-state index contributed by atoms with van der Waals surface area (Å²) in [5.74, 6) is 0.912. The van der Waals surface area contributed by atoms with Gasteiger partial charge in [-0.2, -0.15) is 5.10 Å². The standard InChI is InChI=1S/C16H16N8O3S/c25-15(21-16-17-8-14(28-16)24(26)27)11-3-1-5-22(9-11)12-7-13(19-10-18-12)23-6-2-4-20-23/h2,4,6-8,10-11H,1,3,5,9H2,(H,17,21,25). The molecule has 0 bridgehead atoms. The number of nitro groups is 1. The smallest absolute Gasteiger partial charge is 0.345 e. The van der Waals surface area contributed by atoms with Crippen LogP contribution in [0.25, 0.3) is 5.82 Å². The number of amides is 1. The first kappa shape index (κ1) is 18.0. The highest BCUT2D eigenvalue weighted by atomic mass is 32.1. The van der Waals surface area contributed by atoms with E-state index in [1.807, 2.05) is 17.0 Å². The van der Waals surface area contributed by atoms with Gasteiger partial charge in [-0.05, 0) is 30.2 Å². The molecule has 0 saturated carbocycles. The normalized spacial score (nSPS) is 16.7. The zero-order chi connectivity index (χ0) is 19.5. The highest BCUT2D eigenvalue weighted by Crippen LogP contribution is 2.27. The van der Waals surface area contributed by atoms with Gasteiger partial charge in [-0.15, -0.1) is 0 Å². The Kier molecular flexibility index (Phi) is 4.93. The van der Waals surface area contributed by atoms with E-state index in [2.05, 4.69) is 25.4 Å². The average molecular weight is 400 g/mol.